The molecule has 0 aromatic carbocycles. The van der Waals surface area contributed by atoms with Crippen LogP contribution in [0.25, 0.3) is 0 Å². The SMILES string of the molecule is N#Cc1[c]nc(N)nc1. The van der Waals surface area contributed by atoms with Gasteiger partial charge in [0.25, 0.3) is 0 Å². The molecule has 0 fully saturated rings. The Hall–Kier alpha value is -1.63. The number of hydrogen-bond donors (Lipinski definition) is 1. The van der Waals surface area contributed by atoms with Gasteiger partial charge >= 0.3 is 0 Å². The zero-order chi connectivity index (χ0) is 6.69. The molecule has 0 aliphatic rings. The number of hydrogen-bond acceptors (Lipinski definition) is 4. The Balaban J connectivity index is 3.06. The third-order valence-electron chi connectivity index (χ3n) is 0.737. The summed E-state index contributed by atoms with van der Waals surface area (Å²) in [6, 6.07) is 1.82. The quantitative estimate of drug-likeness (QED) is 0.510. The van der Waals surface area contributed by atoms with E-state index in [1.807, 2.05) is 6.07 Å². The highest BCUT2D eigenvalue weighted by Gasteiger charge is 1.89. The Morgan fingerprint density at radius 3 is 3.00 bits per heavy atom. The first-order valence-electron chi connectivity index (χ1n) is 2.23. The summed E-state index contributed by atoms with van der Waals surface area (Å²) in [7, 11) is 0. The van der Waals surface area contributed by atoms with E-state index >= 15 is 0 Å². The van der Waals surface area contributed by atoms with Gasteiger partial charge in [-0.15, -0.1) is 0 Å². The Kier molecular flexibility index (Phi) is 1.28. The van der Waals surface area contributed by atoms with E-state index in [2.05, 4.69) is 16.2 Å². The van der Waals surface area contributed by atoms with E-state index in [0.29, 0.717) is 5.56 Å². The van der Waals surface area contributed by atoms with Gasteiger partial charge in [0.2, 0.25) is 5.95 Å². The minimum absolute atomic E-state index is 0.133. The molecule has 1 radical (unpaired) electrons. The van der Waals surface area contributed by atoms with Crippen molar-refractivity contribution in [1.82, 2.24) is 9.97 Å². The van der Waals surface area contributed by atoms with Crippen molar-refractivity contribution >= 4 is 5.95 Å². The largest absolute Gasteiger partial charge is 0.368 e. The van der Waals surface area contributed by atoms with Gasteiger partial charge in [-0.1, -0.05) is 0 Å². The van der Waals surface area contributed by atoms with Gasteiger partial charge in [-0.05, 0) is 0 Å². The van der Waals surface area contributed by atoms with Gasteiger partial charge in [-0.25, -0.2) is 9.97 Å². The van der Waals surface area contributed by atoms with Crippen molar-refractivity contribution in [2.75, 3.05) is 5.73 Å². The maximum absolute atomic E-state index is 8.23. The maximum Gasteiger partial charge on any atom is 0.220 e. The van der Waals surface area contributed by atoms with Crippen molar-refractivity contribution in [3.63, 3.8) is 0 Å². The van der Waals surface area contributed by atoms with E-state index in [1.165, 1.54) is 6.20 Å². The van der Waals surface area contributed by atoms with Crippen LogP contribution in [-0.2, 0) is 0 Å². The highest BCUT2D eigenvalue weighted by Crippen LogP contribution is 1.91. The average molecular weight is 119 g/mol. The molecule has 0 atom stereocenters. The Morgan fingerprint density at radius 2 is 2.56 bits per heavy atom. The third-order valence-corrected chi connectivity index (χ3v) is 0.737. The topological polar surface area (TPSA) is 75.6 Å². The zero-order valence-electron chi connectivity index (χ0n) is 4.50. The lowest BCUT2D eigenvalue weighted by atomic mass is 10.4. The first-order valence-corrected chi connectivity index (χ1v) is 2.23. The van der Waals surface area contributed by atoms with Gasteiger partial charge in [-0.2, -0.15) is 5.26 Å². The summed E-state index contributed by atoms with van der Waals surface area (Å²) in [6.07, 6.45) is 3.71. The van der Waals surface area contributed by atoms with Crippen molar-refractivity contribution in [3.05, 3.63) is 18.0 Å². The minimum atomic E-state index is 0.133. The second-order valence-corrected chi connectivity index (χ2v) is 1.37. The van der Waals surface area contributed by atoms with Crippen LogP contribution >= 0.6 is 0 Å². The van der Waals surface area contributed by atoms with Gasteiger partial charge in [0.05, 0.1) is 11.8 Å². The molecule has 0 aliphatic carbocycles. The van der Waals surface area contributed by atoms with Crippen molar-refractivity contribution in [3.8, 4) is 6.07 Å². The molecule has 4 heteroatoms. The molecule has 1 aromatic heterocycles. The Labute approximate surface area is 52.0 Å². The monoisotopic (exact) mass is 119 g/mol. The lowest BCUT2D eigenvalue weighted by Gasteiger charge is -1.85. The number of aromatic nitrogens is 2. The van der Waals surface area contributed by atoms with Crippen LogP contribution in [0.1, 0.15) is 5.56 Å². The molecule has 4 nitrogen and oxygen atoms in total. The zero-order valence-corrected chi connectivity index (χ0v) is 4.50. The molecule has 43 valence electrons. The fourth-order valence-corrected chi connectivity index (χ4v) is 0.360. The summed E-state index contributed by atoms with van der Waals surface area (Å²) in [5, 5.41) is 8.23. The number of nitrogens with two attached hydrogens (primary N) is 1. The molecule has 0 saturated carbocycles. The van der Waals surface area contributed by atoms with Crippen LogP contribution in [0.15, 0.2) is 6.20 Å². The van der Waals surface area contributed by atoms with Gasteiger partial charge in [0.1, 0.15) is 12.3 Å². The summed E-state index contributed by atoms with van der Waals surface area (Å²) in [5.74, 6) is 0.133. The smallest absolute Gasteiger partial charge is 0.220 e. The average Bonchev–Trinajstić information content (AvgIpc) is 1.90. The first-order chi connectivity index (χ1) is 4.33. The van der Waals surface area contributed by atoms with Crippen LogP contribution in [0.3, 0.4) is 0 Å². The van der Waals surface area contributed by atoms with Crippen LogP contribution in [0.4, 0.5) is 5.95 Å². The van der Waals surface area contributed by atoms with Crippen molar-refractivity contribution in [2.45, 2.75) is 0 Å². The Bertz CT molecular complexity index is 232. The molecule has 0 bridgehead atoms. The predicted molar refractivity (Wildman–Crippen MR) is 30.0 cm³/mol. The summed E-state index contributed by atoms with van der Waals surface area (Å²) in [4.78, 5) is 7.03. The van der Waals surface area contributed by atoms with Crippen molar-refractivity contribution < 1.29 is 0 Å². The molecular weight excluding hydrogens is 116 g/mol. The lowest BCUT2D eigenvalue weighted by Crippen LogP contribution is -1.93. The van der Waals surface area contributed by atoms with Gasteiger partial charge in [0.15, 0.2) is 0 Å². The number of rotatable bonds is 0. The highest BCUT2D eigenvalue weighted by atomic mass is 15.0. The fourth-order valence-electron chi connectivity index (χ4n) is 0.360. The standard InChI is InChI=1S/C5H3N4/c6-1-4-2-8-5(7)9-3-4/h2H,(H2,7,8,9). The van der Waals surface area contributed by atoms with Crippen LogP contribution in [-0.4, -0.2) is 9.97 Å². The second kappa shape index (κ2) is 2.09. The number of anilines is 1. The molecular formula is C5H3N4. The van der Waals surface area contributed by atoms with Crippen molar-refractivity contribution in [1.29, 1.82) is 5.26 Å². The molecule has 1 heterocycles. The molecule has 0 spiro atoms. The van der Waals surface area contributed by atoms with E-state index in [-0.39, 0.29) is 5.95 Å². The predicted octanol–water partition coefficient (Wildman–Crippen LogP) is -0.269. The summed E-state index contributed by atoms with van der Waals surface area (Å²) in [5.41, 5.74) is 5.41. The highest BCUT2D eigenvalue weighted by molar-refractivity contribution is 5.25. The minimum Gasteiger partial charge on any atom is -0.368 e. The van der Waals surface area contributed by atoms with E-state index < -0.39 is 0 Å². The van der Waals surface area contributed by atoms with E-state index in [0.717, 1.165) is 0 Å². The summed E-state index contributed by atoms with van der Waals surface area (Å²) >= 11 is 0. The summed E-state index contributed by atoms with van der Waals surface area (Å²) < 4.78 is 0. The Morgan fingerprint density at radius 1 is 1.78 bits per heavy atom. The fraction of sp³-hybridized carbons (Fsp3) is 0. The molecule has 1 rings (SSSR count). The number of nitriles is 1. The van der Waals surface area contributed by atoms with Gasteiger partial charge < -0.3 is 5.73 Å². The van der Waals surface area contributed by atoms with Gasteiger partial charge in [-0.3, -0.25) is 0 Å². The van der Waals surface area contributed by atoms with Crippen LogP contribution in [0.2, 0.25) is 0 Å². The van der Waals surface area contributed by atoms with E-state index in [9.17, 15) is 0 Å². The molecule has 9 heavy (non-hydrogen) atoms. The lowest BCUT2D eigenvalue weighted by molar-refractivity contribution is 1.16. The molecule has 0 aliphatic heterocycles. The third kappa shape index (κ3) is 1.13. The molecule has 0 amide bonds. The van der Waals surface area contributed by atoms with Crippen LogP contribution in [0.5, 0.6) is 0 Å². The maximum atomic E-state index is 8.23. The van der Waals surface area contributed by atoms with Crippen molar-refractivity contribution in [2.24, 2.45) is 0 Å². The van der Waals surface area contributed by atoms with Crippen LogP contribution in [0, 0.1) is 17.5 Å². The van der Waals surface area contributed by atoms with Crippen LogP contribution < -0.4 is 5.73 Å². The first kappa shape index (κ1) is 5.51. The molecule has 1 aromatic rings. The molecule has 2 N–H and O–H groups in total. The van der Waals surface area contributed by atoms with Gasteiger partial charge in [0, 0.05) is 0 Å². The molecule has 0 unspecified atom stereocenters. The second-order valence-electron chi connectivity index (χ2n) is 1.37. The van der Waals surface area contributed by atoms with E-state index in [1.54, 1.807) is 0 Å². The number of nitrogen functional groups attached to an aromatic ring is 1. The van der Waals surface area contributed by atoms with E-state index in [4.69, 9.17) is 11.0 Å². The number of nitrogens with zero attached hydrogens (tertiary/aromatic N) is 3. The normalized spacial score (nSPS) is 8.33. The molecule has 0 saturated heterocycles. The summed E-state index contributed by atoms with van der Waals surface area (Å²) in [6.45, 7) is 0.